The summed E-state index contributed by atoms with van der Waals surface area (Å²) in [4.78, 5) is 6.98. The van der Waals surface area contributed by atoms with Crippen LogP contribution in [0.25, 0.3) is 10.9 Å². The summed E-state index contributed by atoms with van der Waals surface area (Å²) < 4.78 is 0. The van der Waals surface area contributed by atoms with Crippen LogP contribution in [0.3, 0.4) is 0 Å². The highest BCUT2D eigenvalue weighted by Gasteiger charge is 2.21. The lowest BCUT2D eigenvalue weighted by molar-refractivity contribution is 0.420. The lowest BCUT2D eigenvalue weighted by Gasteiger charge is -2.34. The van der Waals surface area contributed by atoms with Gasteiger partial charge in [0, 0.05) is 36.8 Å². The Balaban J connectivity index is 1.45. The minimum atomic E-state index is 0.457. The molecule has 1 fully saturated rings. The first-order valence-corrected chi connectivity index (χ1v) is 9.33. The minimum absolute atomic E-state index is 0.457. The normalized spacial score (nSPS) is 17.6. The summed E-state index contributed by atoms with van der Waals surface area (Å²) in [5.41, 5.74) is 4.42. The van der Waals surface area contributed by atoms with Crippen molar-refractivity contribution in [1.82, 2.24) is 20.5 Å². The van der Waals surface area contributed by atoms with E-state index < -0.39 is 0 Å². The summed E-state index contributed by atoms with van der Waals surface area (Å²) in [6.07, 6.45) is 2.36. The molecule has 1 saturated heterocycles. The maximum Gasteiger partial charge on any atom is 0.151 e. The number of piperidine rings is 1. The number of benzene rings is 1. The van der Waals surface area contributed by atoms with Gasteiger partial charge in [0.1, 0.15) is 0 Å². The van der Waals surface area contributed by atoms with Gasteiger partial charge in [-0.1, -0.05) is 18.2 Å². The second-order valence-electron chi connectivity index (χ2n) is 7.14. The largest absolute Gasteiger partial charge is 0.354 e. The number of hydrogen-bond acceptors (Lipinski definition) is 5. The molecule has 0 radical (unpaired) electrons. The third kappa shape index (κ3) is 3.68. The molecule has 1 N–H and O–H groups in total. The second kappa shape index (κ2) is 7.38. The third-order valence-electron chi connectivity index (χ3n) is 5.04. The van der Waals surface area contributed by atoms with E-state index in [-0.39, 0.29) is 0 Å². The van der Waals surface area contributed by atoms with Crippen molar-refractivity contribution < 1.29 is 0 Å². The Morgan fingerprint density at radius 1 is 1.08 bits per heavy atom. The molecule has 1 aliphatic rings. The van der Waals surface area contributed by atoms with Crippen molar-refractivity contribution in [3.8, 4) is 0 Å². The van der Waals surface area contributed by atoms with E-state index in [0.717, 1.165) is 42.4 Å². The predicted molar refractivity (Wildman–Crippen MR) is 105 cm³/mol. The van der Waals surface area contributed by atoms with Crippen LogP contribution in [0.4, 0.5) is 5.82 Å². The Labute approximate surface area is 154 Å². The zero-order chi connectivity index (χ0) is 17.9. The van der Waals surface area contributed by atoms with Crippen LogP contribution >= 0.6 is 0 Å². The fraction of sp³-hybridized carbons (Fsp3) is 0.381. The Bertz CT molecular complexity index is 891. The number of pyridine rings is 1. The van der Waals surface area contributed by atoms with Gasteiger partial charge >= 0.3 is 0 Å². The molecule has 1 aromatic carbocycles. The van der Waals surface area contributed by atoms with E-state index in [9.17, 15) is 0 Å². The first-order valence-electron chi connectivity index (χ1n) is 9.33. The maximum absolute atomic E-state index is 4.64. The molecule has 2 aromatic heterocycles. The quantitative estimate of drug-likeness (QED) is 0.784. The van der Waals surface area contributed by atoms with Gasteiger partial charge in [-0.2, -0.15) is 5.10 Å². The van der Waals surface area contributed by atoms with Crippen LogP contribution in [0.15, 0.2) is 42.5 Å². The van der Waals surface area contributed by atoms with Crippen LogP contribution in [0.1, 0.15) is 29.8 Å². The van der Waals surface area contributed by atoms with E-state index >= 15 is 0 Å². The molecule has 0 amide bonds. The van der Waals surface area contributed by atoms with Gasteiger partial charge in [0.25, 0.3) is 0 Å². The number of hydrogen-bond donors (Lipinski definition) is 1. The summed E-state index contributed by atoms with van der Waals surface area (Å²) in [5, 5.41) is 13.5. The Morgan fingerprint density at radius 3 is 2.81 bits per heavy atom. The molecule has 1 atom stereocenters. The van der Waals surface area contributed by atoms with Crippen LogP contribution in [-0.4, -0.2) is 34.3 Å². The fourth-order valence-electron chi connectivity index (χ4n) is 3.71. The number of fused-ring (bicyclic) bond motifs is 1. The van der Waals surface area contributed by atoms with Gasteiger partial charge in [0.15, 0.2) is 5.82 Å². The Kier molecular flexibility index (Phi) is 4.80. The number of anilines is 1. The highest BCUT2D eigenvalue weighted by molar-refractivity contribution is 5.82. The van der Waals surface area contributed by atoms with Gasteiger partial charge < -0.3 is 10.2 Å². The topological polar surface area (TPSA) is 53.9 Å². The summed E-state index contributed by atoms with van der Waals surface area (Å²) >= 11 is 0. The van der Waals surface area contributed by atoms with Gasteiger partial charge in [0.2, 0.25) is 0 Å². The molecule has 5 nitrogen and oxygen atoms in total. The smallest absolute Gasteiger partial charge is 0.151 e. The van der Waals surface area contributed by atoms with Gasteiger partial charge in [-0.25, -0.2) is 0 Å². The molecule has 3 heterocycles. The number of nitrogens with one attached hydrogen (secondary N) is 1. The number of para-hydroxylation sites is 1. The van der Waals surface area contributed by atoms with Crippen LogP contribution in [-0.2, 0) is 6.54 Å². The molecule has 0 bridgehead atoms. The molecule has 0 aliphatic carbocycles. The molecule has 1 unspecified atom stereocenters. The van der Waals surface area contributed by atoms with Gasteiger partial charge in [-0.3, -0.25) is 4.98 Å². The minimum Gasteiger partial charge on any atom is -0.354 e. The average molecular weight is 347 g/mol. The van der Waals surface area contributed by atoms with Crippen molar-refractivity contribution in [2.75, 3.05) is 18.0 Å². The summed E-state index contributed by atoms with van der Waals surface area (Å²) in [6.45, 7) is 6.92. The first-order chi connectivity index (χ1) is 12.7. The van der Waals surface area contributed by atoms with Gasteiger partial charge in [0.05, 0.1) is 11.2 Å². The highest BCUT2D eigenvalue weighted by atomic mass is 15.3. The van der Waals surface area contributed by atoms with Crippen molar-refractivity contribution in [1.29, 1.82) is 0 Å². The molecule has 0 spiro atoms. The fourth-order valence-corrected chi connectivity index (χ4v) is 3.71. The van der Waals surface area contributed by atoms with Crippen LogP contribution in [0.2, 0.25) is 0 Å². The van der Waals surface area contributed by atoms with E-state index in [2.05, 4.69) is 62.7 Å². The van der Waals surface area contributed by atoms with Crippen molar-refractivity contribution in [2.24, 2.45) is 0 Å². The third-order valence-corrected chi connectivity index (χ3v) is 5.04. The number of aromatic nitrogens is 3. The monoisotopic (exact) mass is 347 g/mol. The maximum atomic E-state index is 4.64. The standard InChI is InChI=1S/C21H25N5/c1-15-9-10-21(25-24-15)26-11-5-6-18(14-26)22-13-17-12-16(2)23-20-8-4-3-7-19(17)20/h3-4,7-10,12,18,22H,5-6,11,13-14H2,1-2H3. The summed E-state index contributed by atoms with van der Waals surface area (Å²) in [5.74, 6) is 0.979. The number of nitrogens with zero attached hydrogens (tertiary/aromatic N) is 4. The molecule has 4 rings (SSSR count). The SMILES string of the molecule is Cc1ccc(N2CCCC(NCc3cc(C)nc4ccccc34)C2)nn1. The van der Waals surface area contributed by atoms with Crippen LogP contribution in [0.5, 0.6) is 0 Å². The van der Waals surface area contributed by atoms with Gasteiger partial charge in [-0.15, -0.1) is 5.10 Å². The molecule has 1 aliphatic heterocycles. The van der Waals surface area contributed by atoms with Crippen LogP contribution < -0.4 is 10.2 Å². The van der Waals surface area contributed by atoms with Gasteiger partial charge in [-0.05, 0) is 56.5 Å². The van der Waals surface area contributed by atoms with E-state index in [4.69, 9.17) is 0 Å². The molecule has 134 valence electrons. The molecule has 26 heavy (non-hydrogen) atoms. The Morgan fingerprint density at radius 2 is 1.96 bits per heavy atom. The molecule has 0 saturated carbocycles. The predicted octanol–water partition coefficient (Wildman–Crippen LogP) is 3.40. The van der Waals surface area contributed by atoms with E-state index in [0.29, 0.717) is 6.04 Å². The van der Waals surface area contributed by atoms with Crippen LogP contribution in [0, 0.1) is 13.8 Å². The van der Waals surface area contributed by atoms with Crippen molar-refractivity contribution >= 4 is 16.7 Å². The molecule has 3 aromatic rings. The highest BCUT2D eigenvalue weighted by Crippen LogP contribution is 2.20. The van der Waals surface area contributed by atoms with E-state index in [1.165, 1.54) is 23.8 Å². The van der Waals surface area contributed by atoms with Crippen molar-refractivity contribution in [3.63, 3.8) is 0 Å². The zero-order valence-corrected chi connectivity index (χ0v) is 15.4. The summed E-state index contributed by atoms with van der Waals surface area (Å²) in [7, 11) is 0. The second-order valence-corrected chi connectivity index (χ2v) is 7.14. The first kappa shape index (κ1) is 16.9. The van der Waals surface area contributed by atoms with Crippen molar-refractivity contribution in [3.05, 3.63) is 59.4 Å². The molecular weight excluding hydrogens is 322 g/mol. The molecule has 5 heteroatoms. The lowest BCUT2D eigenvalue weighted by Crippen LogP contribution is -2.45. The number of rotatable bonds is 4. The summed E-state index contributed by atoms with van der Waals surface area (Å²) in [6, 6.07) is 15.1. The Hall–Kier alpha value is -2.53. The van der Waals surface area contributed by atoms with E-state index in [1.54, 1.807) is 0 Å². The molecular formula is C21H25N5. The van der Waals surface area contributed by atoms with Crippen molar-refractivity contribution in [2.45, 2.75) is 39.3 Å². The zero-order valence-electron chi connectivity index (χ0n) is 15.4. The number of aryl methyl sites for hydroxylation is 2. The lowest BCUT2D eigenvalue weighted by atomic mass is 10.0. The average Bonchev–Trinajstić information content (AvgIpc) is 2.67. The van der Waals surface area contributed by atoms with E-state index in [1.807, 2.05) is 19.1 Å².